The first-order valence-electron chi connectivity index (χ1n) is 15.2. The van der Waals surface area contributed by atoms with Gasteiger partial charge in [-0.15, -0.1) is 0 Å². The minimum Gasteiger partial charge on any atom is -0.386 e. The molecule has 4 N–H and O–H groups in total. The van der Waals surface area contributed by atoms with Crippen LogP contribution in [0.25, 0.3) is 0 Å². The predicted octanol–water partition coefficient (Wildman–Crippen LogP) is 1.83. The number of hydrogen-bond acceptors (Lipinski definition) is 6. The van der Waals surface area contributed by atoms with Crippen molar-refractivity contribution >= 4 is 29.4 Å². The molecule has 0 radical (unpaired) electrons. The van der Waals surface area contributed by atoms with Crippen molar-refractivity contribution in [3.63, 3.8) is 0 Å². The monoisotopic (exact) mass is 590 g/mol. The fourth-order valence-electron chi connectivity index (χ4n) is 5.73. The average molecular weight is 591 g/mol. The molecule has 5 atom stereocenters. The van der Waals surface area contributed by atoms with E-state index in [1.54, 1.807) is 0 Å². The summed E-state index contributed by atoms with van der Waals surface area (Å²) in [6.07, 6.45) is 2.83. The van der Waals surface area contributed by atoms with E-state index in [4.69, 9.17) is 0 Å². The quantitative estimate of drug-likeness (QED) is 0.294. The lowest BCUT2D eigenvalue weighted by Gasteiger charge is -2.32. The molecule has 0 saturated carbocycles. The second-order valence-electron chi connectivity index (χ2n) is 11.5. The second-order valence-corrected chi connectivity index (χ2v) is 11.5. The largest absolute Gasteiger partial charge is 0.386 e. The molecule has 10 heteroatoms. The van der Waals surface area contributed by atoms with E-state index in [0.29, 0.717) is 45.1 Å². The maximum atomic E-state index is 13.9. The fraction of sp³-hybridized carbons (Fsp3) is 0.485. The number of nitrogens with zero attached hydrogens (tertiary/aromatic N) is 1. The first-order valence-corrected chi connectivity index (χ1v) is 15.2. The maximum absolute atomic E-state index is 13.9. The lowest BCUT2D eigenvalue weighted by molar-refractivity contribution is -0.143. The summed E-state index contributed by atoms with van der Waals surface area (Å²) in [7, 11) is 0. The van der Waals surface area contributed by atoms with Gasteiger partial charge in [-0.05, 0) is 43.7 Å². The van der Waals surface area contributed by atoms with E-state index in [1.807, 2.05) is 60.7 Å². The molecule has 0 unspecified atom stereocenters. The number of carbonyl (C=O) groups excluding carboxylic acids is 5. The highest BCUT2D eigenvalue weighted by Crippen LogP contribution is 2.21. The lowest BCUT2D eigenvalue weighted by atomic mass is 10.00. The highest BCUT2D eigenvalue weighted by molar-refractivity contribution is 5.98. The molecular weight excluding hydrogens is 548 g/mol. The number of aliphatic hydroxyl groups is 1. The van der Waals surface area contributed by atoms with Crippen molar-refractivity contribution < 1.29 is 29.1 Å². The Morgan fingerprint density at radius 1 is 0.791 bits per heavy atom. The van der Waals surface area contributed by atoms with Crippen molar-refractivity contribution in [2.45, 2.75) is 95.0 Å². The van der Waals surface area contributed by atoms with Gasteiger partial charge >= 0.3 is 0 Å². The van der Waals surface area contributed by atoms with Gasteiger partial charge in [0.05, 0.1) is 0 Å². The summed E-state index contributed by atoms with van der Waals surface area (Å²) >= 11 is 0. The van der Waals surface area contributed by atoms with Gasteiger partial charge < -0.3 is 26.0 Å². The number of ketones is 1. The van der Waals surface area contributed by atoms with Crippen LogP contribution in [0, 0.1) is 0 Å². The van der Waals surface area contributed by atoms with E-state index in [1.165, 1.54) is 11.8 Å². The first-order chi connectivity index (χ1) is 20.7. The van der Waals surface area contributed by atoms with Crippen molar-refractivity contribution in [2.75, 3.05) is 6.54 Å². The zero-order valence-electron chi connectivity index (χ0n) is 24.7. The van der Waals surface area contributed by atoms with Crippen LogP contribution in [0.2, 0.25) is 0 Å². The number of carbonyl (C=O) groups is 5. The molecule has 4 amide bonds. The molecule has 10 nitrogen and oxygen atoms in total. The van der Waals surface area contributed by atoms with Crippen LogP contribution in [-0.2, 0) is 36.8 Å². The van der Waals surface area contributed by atoms with Gasteiger partial charge in [-0.3, -0.25) is 24.0 Å². The standard InChI is InChI=1S/C33H42N4O6/c1-22(38)29(39)18-10-4-9-16-25-30(40)35-26(20-23-12-5-2-6-13-23)31(41)36-27(21-24-14-7-3-8-15-24)33(43)37-19-11-17-28(37)32(42)34-25/h2-3,5-8,12-15,22,25-28,38H,4,9-11,16-21H2,1H3,(H,34,42)(H,35,40)(H,36,41)/t22-,25+,26+,27+,28+/m1/s1. The highest BCUT2D eigenvalue weighted by atomic mass is 16.3. The van der Waals surface area contributed by atoms with E-state index in [9.17, 15) is 29.1 Å². The van der Waals surface area contributed by atoms with Crippen LogP contribution in [0.1, 0.15) is 63.0 Å². The topological polar surface area (TPSA) is 145 Å². The molecule has 2 aromatic carbocycles. The molecule has 230 valence electrons. The Morgan fingerprint density at radius 3 is 1.98 bits per heavy atom. The Kier molecular flexibility index (Phi) is 11.4. The smallest absolute Gasteiger partial charge is 0.246 e. The van der Waals surface area contributed by atoms with Crippen LogP contribution < -0.4 is 16.0 Å². The molecule has 0 bridgehead atoms. The van der Waals surface area contributed by atoms with Crippen molar-refractivity contribution in [3.05, 3.63) is 71.8 Å². The highest BCUT2D eigenvalue weighted by Gasteiger charge is 2.40. The molecule has 4 rings (SSSR count). The van der Waals surface area contributed by atoms with Gasteiger partial charge in [0.15, 0.2) is 5.78 Å². The maximum Gasteiger partial charge on any atom is 0.246 e. The van der Waals surface area contributed by atoms with Crippen LogP contribution in [0.3, 0.4) is 0 Å². The van der Waals surface area contributed by atoms with E-state index >= 15 is 0 Å². The molecule has 0 aromatic heterocycles. The SMILES string of the molecule is C[C@@H](O)C(=O)CCCCC[C@@H]1NC(=O)[C@@H]2CCCN2C(=O)[C@H](Cc2ccccc2)NC(=O)[C@H](Cc2ccccc2)NC1=O. The van der Waals surface area contributed by atoms with Crippen molar-refractivity contribution in [1.29, 1.82) is 0 Å². The molecule has 43 heavy (non-hydrogen) atoms. The molecule has 2 heterocycles. The third-order valence-electron chi connectivity index (χ3n) is 8.17. The number of benzene rings is 2. The molecule has 2 aromatic rings. The molecular formula is C33H42N4O6. The number of amides is 4. The van der Waals surface area contributed by atoms with E-state index in [2.05, 4.69) is 16.0 Å². The van der Waals surface area contributed by atoms with Gasteiger partial charge in [-0.25, -0.2) is 0 Å². The number of rotatable bonds is 11. The number of aliphatic hydroxyl groups excluding tert-OH is 1. The molecule has 2 saturated heterocycles. The van der Waals surface area contributed by atoms with Gasteiger partial charge in [0.25, 0.3) is 0 Å². The van der Waals surface area contributed by atoms with Crippen LogP contribution >= 0.6 is 0 Å². The zero-order chi connectivity index (χ0) is 30.8. The molecule has 2 fully saturated rings. The fourth-order valence-corrected chi connectivity index (χ4v) is 5.73. The third-order valence-corrected chi connectivity index (χ3v) is 8.17. The van der Waals surface area contributed by atoms with Crippen molar-refractivity contribution in [3.8, 4) is 0 Å². The van der Waals surface area contributed by atoms with Gasteiger partial charge in [0.2, 0.25) is 23.6 Å². The van der Waals surface area contributed by atoms with E-state index in [0.717, 1.165) is 11.1 Å². The Labute approximate surface area is 252 Å². The summed E-state index contributed by atoms with van der Waals surface area (Å²) in [5.41, 5.74) is 1.70. The predicted molar refractivity (Wildman–Crippen MR) is 161 cm³/mol. The van der Waals surface area contributed by atoms with Crippen LogP contribution in [0.5, 0.6) is 0 Å². The summed E-state index contributed by atoms with van der Waals surface area (Å²) in [6, 6.07) is 15.2. The molecule has 0 spiro atoms. The van der Waals surface area contributed by atoms with Crippen LogP contribution in [0.4, 0.5) is 0 Å². The van der Waals surface area contributed by atoms with E-state index in [-0.39, 0.29) is 36.9 Å². The minimum atomic E-state index is -1.01. The molecule has 2 aliphatic rings. The summed E-state index contributed by atoms with van der Waals surface area (Å²) in [4.78, 5) is 68.1. The number of fused-ring (bicyclic) bond motifs is 1. The minimum absolute atomic E-state index is 0.207. The average Bonchev–Trinajstić information content (AvgIpc) is 3.50. The second kappa shape index (κ2) is 15.4. The number of unbranched alkanes of at least 4 members (excludes halogenated alkanes) is 2. The van der Waals surface area contributed by atoms with Gasteiger partial charge in [-0.2, -0.15) is 0 Å². The van der Waals surface area contributed by atoms with Crippen LogP contribution in [0.15, 0.2) is 60.7 Å². The third kappa shape index (κ3) is 8.97. The Bertz CT molecular complexity index is 1270. The Hall–Kier alpha value is -4.05. The number of hydrogen-bond donors (Lipinski definition) is 4. The summed E-state index contributed by atoms with van der Waals surface area (Å²) in [5.74, 6) is -1.88. The number of Topliss-reactive ketones (excluding diaryl/α,β-unsaturated/α-hetero) is 1. The van der Waals surface area contributed by atoms with Gasteiger partial charge in [0.1, 0.15) is 30.3 Å². The van der Waals surface area contributed by atoms with Gasteiger partial charge in [-0.1, -0.05) is 73.5 Å². The molecule has 0 aliphatic carbocycles. The first kappa shape index (κ1) is 31.9. The molecule has 2 aliphatic heterocycles. The number of nitrogens with one attached hydrogen (secondary N) is 3. The normalized spacial score (nSPS) is 23.7. The summed E-state index contributed by atoms with van der Waals surface area (Å²) in [5, 5.41) is 18.1. The Balaban J connectivity index is 1.57. The Morgan fingerprint density at radius 2 is 1.35 bits per heavy atom. The zero-order valence-corrected chi connectivity index (χ0v) is 24.7. The van der Waals surface area contributed by atoms with Crippen LogP contribution in [-0.4, -0.2) is 76.2 Å². The van der Waals surface area contributed by atoms with Crippen molar-refractivity contribution in [1.82, 2.24) is 20.9 Å². The summed E-state index contributed by atoms with van der Waals surface area (Å²) < 4.78 is 0. The van der Waals surface area contributed by atoms with Gasteiger partial charge in [0, 0.05) is 25.8 Å². The van der Waals surface area contributed by atoms with Crippen molar-refractivity contribution in [2.24, 2.45) is 0 Å². The summed E-state index contributed by atoms with van der Waals surface area (Å²) in [6.45, 7) is 1.83. The van der Waals surface area contributed by atoms with E-state index < -0.39 is 42.1 Å². The lowest BCUT2D eigenvalue weighted by Crippen LogP contribution is -2.61.